The van der Waals surface area contributed by atoms with Gasteiger partial charge in [-0.25, -0.2) is 4.79 Å². The van der Waals surface area contributed by atoms with Gasteiger partial charge in [0.15, 0.2) is 6.29 Å². The molecule has 0 aliphatic carbocycles. The summed E-state index contributed by atoms with van der Waals surface area (Å²) < 4.78 is 42.2. The molecule has 6 bridgehead atoms. The Morgan fingerprint density at radius 1 is 0.920 bits per heavy atom. The van der Waals surface area contributed by atoms with Gasteiger partial charge < -0.3 is 53.6 Å². The second-order valence-electron chi connectivity index (χ2n) is 15.1. The number of carbonyl (C=O) groups is 2. The fourth-order valence-electron chi connectivity index (χ4n) is 8.08. The summed E-state index contributed by atoms with van der Waals surface area (Å²) in [5.74, 6) is -1.12. The number of methoxy groups -OCH3 is 1. The van der Waals surface area contributed by atoms with Crippen LogP contribution < -0.4 is 0 Å². The first-order chi connectivity index (χ1) is 23.8. The van der Waals surface area contributed by atoms with Gasteiger partial charge in [0.25, 0.3) is 0 Å². The van der Waals surface area contributed by atoms with Crippen LogP contribution in [0.25, 0.3) is 0 Å². The average Bonchev–Trinajstić information content (AvgIpc) is 3.57. The van der Waals surface area contributed by atoms with E-state index in [1.807, 2.05) is 19.1 Å². The molecule has 0 amide bonds. The number of fused-ring (bicyclic) bond motifs is 6. The molecule has 0 aromatic carbocycles. The lowest BCUT2D eigenvalue weighted by molar-refractivity contribution is -0.316. The van der Waals surface area contributed by atoms with E-state index >= 15 is 0 Å². The van der Waals surface area contributed by atoms with Crippen molar-refractivity contribution >= 4 is 11.9 Å². The lowest BCUT2D eigenvalue weighted by Crippen LogP contribution is -2.59. The minimum atomic E-state index is -2.15. The number of ether oxygens (including phenoxy) is 7. The van der Waals surface area contributed by atoms with E-state index in [1.165, 1.54) is 7.11 Å². The van der Waals surface area contributed by atoms with Crippen molar-refractivity contribution in [1.29, 1.82) is 0 Å². The highest BCUT2D eigenvalue weighted by Crippen LogP contribution is 2.40. The van der Waals surface area contributed by atoms with E-state index in [9.17, 15) is 30.0 Å². The van der Waals surface area contributed by atoms with Gasteiger partial charge in [0.05, 0.1) is 42.7 Å². The predicted molar refractivity (Wildman–Crippen MR) is 179 cm³/mol. The predicted octanol–water partition coefficient (Wildman–Crippen LogP) is 2.64. The monoisotopic (exact) mass is 710 g/mol. The molecule has 5 rings (SSSR count). The number of carbonyl (C=O) groups excluding carboxylic acids is 2. The smallest absolute Gasteiger partial charge is 0.342 e. The van der Waals surface area contributed by atoms with Gasteiger partial charge in [-0.3, -0.25) is 4.79 Å². The Morgan fingerprint density at radius 3 is 2.38 bits per heavy atom. The van der Waals surface area contributed by atoms with Crippen LogP contribution in [0, 0.1) is 11.8 Å². The fraction of sp³-hybridized carbons (Fsp3) is 0.838. The molecule has 13 heteroatoms. The van der Waals surface area contributed by atoms with Crippen LogP contribution >= 0.6 is 0 Å². The van der Waals surface area contributed by atoms with E-state index in [0.29, 0.717) is 38.5 Å². The Labute approximate surface area is 295 Å². The lowest BCUT2D eigenvalue weighted by atomic mass is 9.85. The summed E-state index contributed by atoms with van der Waals surface area (Å²) >= 11 is 0. The van der Waals surface area contributed by atoms with Crippen molar-refractivity contribution in [2.75, 3.05) is 7.11 Å². The highest BCUT2D eigenvalue weighted by Gasteiger charge is 2.57. The molecule has 0 aromatic heterocycles. The number of aliphatic hydroxyl groups excluding tert-OH is 3. The molecule has 0 radical (unpaired) electrons. The maximum atomic E-state index is 13.4. The Kier molecular flexibility index (Phi) is 13.6. The molecule has 5 aliphatic heterocycles. The van der Waals surface area contributed by atoms with Gasteiger partial charge in [-0.2, -0.15) is 0 Å². The third-order valence-electron chi connectivity index (χ3n) is 10.9. The molecule has 4 saturated heterocycles. The number of allylic oxidation sites excluding steroid dienone is 3. The zero-order valence-electron chi connectivity index (χ0n) is 30.0. The van der Waals surface area contributed by atoms with Crippen molar-refractivity contribution in [2.45, 2.75) is 177 Å². The lowest BCUT2D eigenvalue weighted by Gasteiger charge is -2.44. The second-order valence-corrected chi connectivity index (χ2v) is 15.1. The van der Waals surface area contributed by atoms with Gasteiger partial charge in [-0.15, -0.1) is 0 Å². The van der Waals surface area contributed by atoms with Gasteiger partial charge in [0.1, 0.15) is 30.5 Å². The maximum absolute atomic E-state index is 13.4. The molecule has 0 aromatic rings. The van der Waals surface area contributed by atoms with Gasteiger partial charge in [-0.1, -0.05) is 45.1 Å². The molecule has 4 fully saturated rings. The number of esters is 2. The highest BCUT2D eigenvalue weighted by atomic mass is 16.7. The maximum Gasteiger partial charge on any atom is 0.342 e. The van der Waals surface area contributed by atoms with Crippen LogP contribution in [0.4, 0.5) is 0 Å². The van der Waals surface area contributed by atoms with Gasteiger partial charge in [0, 0.05) is 45.6 Å². The largest absolute Gasteiger partial charge is 0.460 e. The zero-order chi connectivity index (χ0) is 36.2. The second kappa shape index (κ2) is 17.3. The van der Waals surface area contributed by atoms with Gasteiger partial charge in [-0.05, 0) is 44.4 Å². The summed E-state index contributed by atoms with van der Waals surface area (Å²) in [4.78, 5) is 26.3. The molecule has 13 nitrogen and oxygen atoms in total. The third kappa shape index (κ3) is 9.34. The van der Waals surface area contributed by atoms with Crippen LogP contribution in [0.5, 0.6) is 0 Å². The van der Waals surface area contributed by atoms with Crippen molar-refractivity contribution in [1.82, 2.24) is 0 Å². The molecule has 4 N–H and O–H groups in total. The van der Waals surface area contributed by atoms with Crippen LogP contribution in [0.2, 0.25) is 0 Å². The van der Waals surface area contributed by atoms with Crippen molar-refractivity contribution in [3.05, 3.63) is 24.3 Å². The SMILES string of the molecule is CCCC(=O)O[C@@H]1C[C@H]2C[C@@H](O[C@@H]3O[C@@H](C)[C@@H](O)[C@@H](O)[C@H]3OC)C[C@@H](C[C@@H](C)/C=C/C=C/C[C@H]3O[C@H](C[C@H]3C)[C@H](O)C[C@@H]3C[C@]1(O)C(=O)O3)O2. The van der Waals surface area contributed by atoms with Crippen LogP contribution in [-0.4, -0.2) is 125 Å². The van der Waals surface area contributed by atoms with Crippen molar-refractivity contribution in [2.24, 2.45) is 11.8 Å². The van der Waals surface area contributed by atoms with E-state index in [1.54, 1.807) is 6.92 Å². The molecular weight excluding hydrogens is 652 g/mol. The molecule has 284 valence electrons. The first-order valence-electron chi connectivity index (χ1n) is 18.5. The number of hydrogen-bond acceptors (Lipinski definition) is 13. The summed E-state index contributed by atoms with van der Waals surface area (Å²) in [6, 6.07) is 0. The topological polar surface area (TPSA) is 180 Å². The van der Waals surface area contributed by atoms with Crippen molar-refractivity contribution in [3.63, 3.8) is 0 Å². The summed E-state index contributed by atoms with van der Waals surface area (Å²) in [5, 5.41) is 44.2. The molecule has 5 heterocycles. The zero-order valence-corrected chi connectivity index (χ0v) is 30.0. The first-order valence-corrected chi connectivity index (χ1v) is 18.5. The van der Waals surface area contributed by atoms with E-state index in [4.69, 9.17) is 33.2 Å². The molecule has 0 unspecified atom stereocenters. The van der Waals surface area contributed by atoms with Crippen LogP contribution in [0.15, 0.2) is 24.3 Å². The minimum Gasteiger partial charge on any atom is -0.460 e. The molecule has 16 atom stereocenters. The molecule has 50 heavy (non-hydrogen) atoms. The highest BCUT2D eigenvalue weighted by molar-refractivity contribution is 5.83. The van der Waals surface area contributed by atoms with Gasteiger partial charge in [0.2, 0.25) is 5.60 Å². The van der Waals surface area contributed by atoms with E-state index in [2.05, 4.69) is 26.0 Å². The minimum absolute atomic E-state index is 0.0124. The van der Waals surface area contributed by atoms with Gasteiger partial charge >= 0.3 is 11.9 Å². The first kappa shape index (κ1) is 39.3. The van der Waals surface area contributed by atoms with Crippen molar-refractivity contribution in [3.8, 4) is 0 Å². The fourth-order valence-corrected chi connectivity index (χ4v) is 8.08. The molecule has 0 saturated carbocycles. The summed E-state index contributed by atoms with van der Waals surface area (Å²) in [6.07, 6.45) is 1.62. The quantitative estimate of drug-likeness (QED) is 0.296. The summed E-state index contributed by atoms with van der Waals surface area (Å²) in [7, 11) is 1.42. The summed E-state index contributed by atoms with van der Waals surface area (Å²) in [5.41, 5.74) is -2.15. The van der Waals surface area contributed by atoms with E-state index in [0.717, 1.165) is 0 Å². The Balaban J connectivity index is 1.42. The summed E-state index contributed by atoms with van der Waals surface area (Å²) in [6.45, 7) is 7.67. The van der Waals surface area contributed by atoms with Crippen LogP contribution in [-0.2, 0) is 42.7 Å². The Morgan fingerprint density at radius 2 is 1.66 bits per heavy atom. The Hall–Kier alpha value is -1.94. The average molecular weight is 711 g/mol. The molecular formula is C37H58O13. The standard InChI is InChI=1S/C37H58O13/c1-6-10-31(39)50-30-18-25-16-24(47-35-34(44-5)33(41)32(40)22(4)45-35)15-23(46-25)13-20(2)11-8-7-9-12-28-21(3)14-29(49-28)27(38)17-26-19-37(30,43)36(42)48-26/h7-9,11,20-30,32-35,38,40-41,43H,6,10,12-19H2,1-5H3/b9-7+,11-8+/t20-,21+,22-,23+,24-,25+,26+,27+,28+,29+,30+,32+,33+,34+,35-,37+/m0/s1. The van der Waals surface area contributed by atoms with Crippen molar-refractivity contribution < 1.29 is 63.2 Å². The third-order valence-corrected chi connectivity index (χ3v) is 10.9. The molecule has 0 spiro atoms. The van der Waals surface area contributed by atoms with E-state index < -0.39 is 84.9 Å². The number of hydrogen-bond donors (Lipinski definition) is 4. The van der Waals surface area contributed by atoms with Crippen LogP contribution in [0.1, 0.15) is 91.9 Å². The van der Waals surface area contributed by atoms with Crippen LogP contribution in [0.3, 0.4) is 0 Å². The van der Waals surface area contributed by atoms with E-state index in [-0.39, 0.29) is 49.7 Å². The Bertz CT molecular complexity index is 1190. The number of aliphatic hydroxyl groups is 4. The normalized spacial score (nSPS) is 47.2. The molecule has 5 aliphatic rings. The number of rotatable bonds is 6.